The van der Waals surface area contributed by atoms with Crippen LogP contribution in [0.25, 0.3) is 0 Å². The van der Waals surface area contributed by atoms with Crippen molar-refractivity contribution in [2.75, 3.05) is 6.61 Å². The van der Waals surface area contributed by atoms with Crippen LogP contribution in [0.1, 0.15) is 16.1 Å². The van der Waals surface area contributed by atoms with E-state index in [4.69, 9.17) is 15.7 Å². The number of hydrazine groups is 1. The van der Waals surface area contributed by atoms with Gasteiger partial charge in [-0.15, -0.1) is 5.10 Å². The van der Waals surface area contributed by atoms with Crippen LogP contribution < -0.4 is 16.0 Å². The van der Waals surface area contributed by atoms with E-state index in [1.54, 1.807) is 18.2 Å². The molecule has 0 fully saturated rings. The van der Waals surface area contributed by atoms with Gasteiger partial charge in [0.2, 0.25) is 0 Å². The molecule has 1 aromatic heterocycles. The summed E-state index contributed by atoms with van der Waals surface area (Å²) in [6, 6.07) is 7.17. The molecule has 8 heteroatoms. The van der Waals surface area contributed by atoms with Crippen LogP contribution in [0, 0.1) is 0 Å². The molecular formula is C12H15N5O3. The SMILES string of the molecule is NNC(=O)c1cn(CCOc2cccc(CO)c2)nn1. The lowest BCUT2D eigenvalue weighted by molar-refractivity contribution is 0.0948. The Balaban J connectivity index is 1.86. The highest BCUT2D eigenvalue weighted by atomic mass is 16.5. The first kappa shape index (κ1) is 14.0. The number of hydrogen-bond acceptors (Lipinski definition) is 6. The van der Waals surface area contributed by atoms with Gasteiger partial charge in [-0.3, -0.25) is 10.2 Å². The van der Waals surface area contributed by atoms with Crippen molar-refractivity contribution in [3.05, 3.63) is 41.7 Å². The van der Waals surface area contributed by atoms with Crippen LogP contribution in [0.15, 0.2) is 30.5 Å². The Morgan fingerprint density at radius 1 is 1.50 bits per heavy atom. The van der Waals surface area contributed by atoms with Gasteiger partial charge in [-0.2, -0.15) is 0 Å². The normalized spacial score (nSPS) is 10.3. The first-order valence-corrected chi connectivity index (χ1v) is 5.96. The Kier molecular flexibility index (Phi) is 4.64. The molecule has 0 spiro atoms. The van der Waals surface area contributed by atoms with Gasteiger partial charge in [0.25, 0.3) is 5.91 Å². The Hall–Kier alpha value is -2.45. The van der Waals surface area contributed by atoms with Gasteiger partial charge < -0.3 is 9.84 Å². The second-order valence-corrected chi connectivity index (χ2v) is 3.99. The summed E-state index contributed by atoms with van der Waals surface area (Å²) in [6.07, 6.45) is 1.48. The Morgan fingerprint density at radius 3 is 3.10 bits per heavy atom. The third kappa shape index (κ3) is 3.53. The summed E-state index contributed by atoms with van der Waals surface area (Å²) >= 11 is 0. The number of nitrogens with two attached hydrogens (primary N) is 1. The van der Waals surface area contributed by atoms with E-state index in [0.717, 1.165) is 5.56 Å². The zero-order valence-electron chi connectivity index (χ0n) is 10.7. The third-order valence-corrected chi connectivity index (χ3v) is 2.57. The number of aliphatic hydroxyl groups is 1. The zero-order valence-corrected chi connectivity index (χ0v) is 10.7. The number of nitrogens with zero attached hydrogens (tertiary/aromatic N) is 3. The lowest BCUT2D eigenvalue weighted by Gasteiger charge is -2.06. The summed E-state index contributed by atoms with van der Waals surface area (Å²) in [6.45, 7) is 0.772. The highest BCUT2D eigenvalue weighted by molar-refractivity contribution is 5.91. The van der Waals surface area contributed by atoms with Crippen molar-refractivity contribution in [2.45, 2.75) is 13.2 Å². The molecule has 8 nitrogen and oxygen atoms in total. The van der Waals surface area contributed by atoms with E-state index in [-0.39, 0.29) is 12.3 Å². The summed E-state index contributed by atoms with van der Waals surface area (Å²) in [5.41, 5.74) is 2.91. The Labute approximate surface area is 115 Å². The van der Waals surface area contributed by atoms with Crippen LogP contribution in [-0.2, 0) is 13.2 Å². The van der Waals surface area contributed by atoms with E-state index in [1.165, 1.54) is 10.9 Å². The number of amides is 1. The predicted molar refractivity (Wildman–Crippen MR) is 69.5 cm³/mol. The number of ether oxygens (including phenoxy) is 1. The van der Waals surface area contributed by atoms with E-state index >= 15 is 0 Å². The topological polar surface area (TPSA) is 115 Å². The molecule has 2 aromatic rings. The van der Waals surface area contributed by atoms with E-state index in [0.29, 0.717) is 18.9 Å². The maximum atomic E-state index is 11.2. The molecule has 4 N–H and O–H groups in total. The van der Waals surface area contributed by atoms with Crippen LogP contribution >= 0.6 is 0 Å². The lowest BCUT2D eigenvalue weighted by Crippen LogP contribution is -2.30. The summed E-state index contributed by atoms with van der Waals surface area (Å²) in [5, 5.41) is 16.5. The van der Waals surface area contributed by atoms with Gasteiger partial charge in [-0.05, 0) is 17.7 Å². The lowest BCUT2D eigenvalue weighted by atomic mass is 10.2. The molecule has 0 aliphatic carbocycles. The molecule has 0 aliphatic heterocycles. The van der Waals surface area contributed by atoms with Gasteiger partial charge in [0, 0.05) is 0 Å². The van der Waals surface area contributed by atoms with Crippen molar-refractivity contribution in [1.82, 2.24) is 20.4 Å². The average molecular weight is 277 g/mol. The van der Waals surface area contributed by atoms with Crippen molar-refractivity contribution in [2.24, 2.45) is 5.84 Å². The maximum Gasteiger partial charge on any atom is 0.287 e. The van der Waals surface area contributed by atoms with Crippen LogP contribution in [-0.4, -0.2) is 32.6 Å². The molecule has 20 heavy (non-hydrogen) atoms. The molecule has 1 aromatic carbocycles. The highest BCUT2D eigenvalue weighted by Crippen LogP contribution is 2.13. The second-order valence-electron chi connectivity index (χ2n) is 3.99. The minimum atomic E-state index is -0.493. The monoisotopic (exact) mass is 277 g/mol. The number of carbonyl (C=O) groups excluding carboxylic acids is 1. The molecule has 106 valence electrons. The highest BCUT2D eigenvalue weighted by Gasteiger charge is 2.08. The van der Waals surface area contributed by atoms with Crippen molar-refractivity contribution in [1.29, 1.82) is 0 Å². The Morgan fingerprint density at radius 2 is 2.35 bits per heavy atom. The quantitative estimate of drug-likeness (QED) is 0.371. The molecule has 0 unspecified atom stereocenters. The van der Waals surface area contributed by atoms with Crippen molar-refractivity contribution < 1.29 is 14.6 Å². The molecule has 1 heterocycles. The molecule has 0 aliphatic rings. The predicted octanol–water partition coefficient (Wildman–Crippen LogP) is -0.547. The number of nitrogens with one attached hydrogen (secondary N) is 1. The van der Waals surface area contributed by atoms with Crippen molar-refractivity contribution in [3.8, 4) is 5.75 Å². The summed E-state index contributed by atoms with van der Waals surface area (Å²) in [5.74, 6) is 5.17. The second kappa shape index (κ2) is 6.64. The molecule has 0 bridgehead atoms. The molecule has 0 saturated heterocycles. The summed E-state index contributed by atoms with van der Waals surface area (Å²) in [7, 11) is 0. The Bertz CT molecular complexity index is 584. The number of rotatable bonds is 6. The van der Waals surface area contributed by atoms with Gasteiger partial charge in [-0.25, -0.2) is 10.5 Å². The zero-order chi connectivity index (χ0) is 14.4. The van der Waals surface area contributed by atoms with E-state index in [2.05, 4.69) is 10.3 Å². The van der Waals surface area contributed by atoms with Crippen LogP contribution in [0.3, 0.4) is 0 Å². The third-order valence-electron chi connectivity index (χ3n) is 2.57. The van der Waals surface area contributed by atoms with Gasteiger partial charge >= 0.3 is 0 Å². The fourth-order valence-electron chi connectivity index (χ4n) is 1.58. The smallest absolute Gasteiger partial charge is 0.287 e. The first-order valence-electron chi connectivity index (χ1n) is 5.96. The van der Waals surface area contributed by atoms with Gasteiger partial charge in [0.15, 0.2) is 5.69 Å². The fraction of sp³-hybridized carbons (Fsp3) is 0.250. The average Bonchev–Trinajstić information content (AvgIpc) is 2.95. The number of aromatic nitrogens is 3. The largest absolute Gasteiger partial charge is 0.492 e. The minimum Gasteiger partial charge on any atom is -0.492 e. The van der Waals surface area contributed by atoms with Crippen LogP contribution in [0.5, 0.6) is 5.75 Å². The van der Waals surface area contributed by atoms with E-state index in [1.807, 2.05) is 11.5 Å². The molecular weight excluding hydrogens is 262 g/mol. The van der Waals surface area contributed by atoms with Gasteiger partial charge in [-0.1, -0.05) is 17.3 Å². The summed E-state index contributed by atoms with van der Waals surface area (Å²) in [4.78, 5) is 11.2. The fourth-order valence-corrected chi connectivity index (χ4v) is 1.58. The van der Waals surface area contributed by atoms with Gasteiger partial charge in [0.1, 0.15) is 12.4 Å². The van der Waals surface area contributed by atoms with Crippen LogP contribution in [0.4, 0.5) is 0 Å². The minimum absolute atomic E-state index is 0.0299. The molecule has 0 saturated carbocycles. The number of hydrogen-bond donors (Lipinski definition) is 3. The van der Waals surface area contributed by atoms with Crippen LogP contribution in [0.2, 0.25) is 0 Å². The number of aliphatic hydroxyl groups excluding tert-OH is 1. The first-order chi connectivity index (χ1) is 9.72. The van der Waals surface area contributed by atoms with Crippen molar-refractivity contribution >= 4 is 5.91 Å². The van der Waals surface area contributed by atoms with E-state index < -0.39 is 5.91 Å². The molecule has 2 rings (SSSR count). The van der Waals surface area contributed by atoms with Crippen molar-refractivity contribution in [3.63, 3.8) is 0 Å². The standard InChI is InChI=1S/C12H15N5O3/c13-14-12(19)11-7-17(16-15-11)4-5-20-10-3-1-2-9(6-10)8-18/h1-3,6-7,18H,4-5,8,13H2,(H,14,19). The number of carbonyl (C=O) groups is 1. The summed E-state index contributed by atoms with van der Waals surface area (Å²) < 4.78 is 7.01. The molecule has 1 amide bonds. The maximum absolute atomic E-state index is 11.2. The number of nitrogen functional groups attached to an aromatic ring is 1. The molecule has 0 radical (unpaired) electrons. The molecule has 0 atom stereocenters. The van der Waals surface area contributed by atoms with E-state index in [9.17, 15) is 4.79 Å². The number of benzene rings is 1. The van der Waals surface area contributed by atoms with Gasteiger partial charge in [0.05, 0.1) is 19.3 Å².